The lowest BCUT2D eigenvalue weighted by atomic mass is 9.85. The van der Waals surface area contributed by atoms with Gasteiger partial charge >= 0.3 is 0 Å². The Balaban J connectivity index is 1.35. The topological polar surface area (TPSA) is 98.9 Å². The van der Waals surface area contributed by atoms with E-state index in [0.29, 0.717) is 46.7 Å². The second-order valence-corrected chi connectivity index (χ2v) is 19.5. The third-order valence-corrected chi connectivity index (χ3v) is 11.2. The molecule has 0 atom stereocenters. The van der Waals surface area contributed by atoms with Crippen molar-refractivity contribution in [1.82, 2.24) is 0 Å². The summed E-state index contributed by atoms with van der Waals surface area (Å²) in [5.41, 5.74) is 11.7. The van der Waals surface area contributed by atoms with Crippen LogP contribution >= 0.6 is 0 Å². The number of aliphatic imine (C=N–C) groups is 8. The fourth-order valence-electron chi connectivity index (χ4n) is 7.53. The molecule has 4 aromatic rings. The van der Waals surface area contributed by atoms with Crippen LogP contribution in [-0.4, -0.2) is 46.7 Å². The van der Waals surface area contributed by atoms with E-state index >= 15 is 0 Å². The Bertz CT molecular complexity index is 2320. The molecule has 0 unspecified atom stereocenters. The van der Waals surface area contributed by atoms with Crippen LogP contribution < -0.4 is 0 Å². The molecule has 280 valence electrons. The van der Waals surface area contributed by atoms with Crippen LogP contribution in [0.2, 0.25) is 0 Å². The highest BCUT2D eigenvalue weighted by Crippen LogP contribution is 2.36. The molecule has 0 N–H and O–H groups in total. The molecule has 8 nitrogen and oxygen atoms in total. The summed E-state index contributed by atoms with van der Waals surface area (Å²) >= 11 is 0. The van der Waals surface area contributed by atoms with Crippen molar-refractivity contribution < 1.29 is 0 Å². The van der Waals surface area contributed by atoms with Gasteiger partial charge in [-0.2, -0.15) is 0 Å². The predicted octanol–water partition coefficient (Wildman–Crippen LogP) is 10.0. The molecule has 0 aliphatic carbocycles. The lowest BCUT2D eigenvalue weighted by Crippen LogP contribution is -2.13. The van der Waals surface area contributed by atoms with Crippen LogP contribution in [0, 0.1) is 0 Å². The zero-order chi connectivity index (χ0) is 39.7. The van der Waals surface area contributed by atoms with Crippen LogP contribution in [0.25, 0.3) is 0 Å². The molecule has 5 heterocycles. The quantitative estimate of drug-likeness (QED) is 0.172. The first-order valence-electron chi connectivity index (χ1n) is 19.5. The first kappa shape index (κ1) is 35.9. The van der Waals surface area contributed by atoms with Gasteiger partial charge in [0.15, 0.2) is 46.7 Å². The van der Waals surface area contributed by atoms with Crippen molar-refractivity contribution in [3.05, 3.63) is 140 Å². The van der Waals surface area contributed by atoms with Crippen molar-refractivity contribution in [1.29, 1.82) is 0 Å². The Labute approximate surface area is 329 Å². The normalized spacial score (nSPS) is 17.1. The van der Waals surface area contributed by atoms with E-state index in [0.717, 1.165) is 44.5 Å². The number of nitrogens with zero attached hydrogens (tertiary/aromatic N) is 8. The maximum atomic E-state index is 5.25. The average molecular weight is 737 g/mol. The van der Waals surface area contributed by atoms with E-state index in [4.69, 9.17) is 39.9 Å². The Morgan fingerprint density at radius 3 is 0.554 bits per heavy atom. The Hall–Kier alpha value is -5.76. The molecule has 56 heavy (non-hydrogen) atoms. The molecule has 0 spiro atoms. The van der Waals surface area contributed by atoms with Gasteiger partial charge in [-0.1, -0.05) is 132 Å². The summed E-state index contributed by atoms with van der Waals surface area (Å²) in [6, 6.07) is 25.9. The molecule has 0 fully saturated rings. The van der Waals surface area contributed by atoms with Crippen LogP contribution in [0.1, 0.15) is 150 Å². The predicted molar refractivity (Wildman–Crippen MR) is 233 cm³/mol. The standard InChI is InChI=1S/C48H48N8/c1-45(2,3)25-13-17-29-33(21-25)41-49-37(29)54-42-35-23-27(47(7,8)9)15-19-31(35)39(51-42)56-44-36-24-28(48(10,11)12)16-20-32(36)40(52-44)55-43-34-22-26(46(4,5)6)14-18-30(34)38(50-43)53-41/h13-24H,1-12H3. The van der Waals surface area contributed by atoms with Gasteiger partial charge < -0.3 is 0 Å². The van der Waals surface area contributed by atoms with Gasteiger partial charge in [0, 0.05) is 44.5 Å². The first-order valence-corrected chi connectivity index (χ1v) is 19.5. The maximum Gasteiger partial charge on any atom is 0.164 e. The van der Waals surface area contributed by atoms with E-state index in [1.165, 1.54) is 22.3 Å². The average Bonchev–Trinajstić information content (AvgIpc) is 3.84. The summed E-state index contributed by atoms with van der Waals surface area (Å²) in [6.45, 7) is 26.6. The summed E-state index contributed by atoms with van der Waals surface area (Å²) in [6.07, 6.45) is 0. The molecular formula is C48H48N8. The summed E-state index contributed by atoms with van der Waals surface area (Å²) in [7, 11) is 0. The fraction of sp³-hybridized carbons (Fsp3) is 0.333. The Morgan fingerprint density at radius 1 is 0.232 bits per heavy atom. The smallest absolute Gasteiger partial charge is 0.164 e. The molecule has 0 radical (unpaired) electrons. The maximum absolute atomic E-state index is 5.25. The SMILES string of the molecule is CC(C)(C)c1ccc2c(c1)C1=NC2=NC2=NC(=NC3=NC(=NC4=NC(=N1)c1ccc(C(C)(C)C)cc14)c1ccc(C(C)(C)C)cc13)c1ccc(C(C)(C)C)cc12. The Kier molecular flexibility index (Phi) is 7.61. The van der Waals surface area contributed by atoms with E-state index in [1.807, 2.05) is 0 Å². The molecule has 8 bridgehead atoms. The van der Waals surface area contributed by atoms with E-state index in [2.05, 4.69) is 156 Å². The summed E-state index contributed by atoms with van der Waals surface area (Å²) < 4.78 is 0. The van der Waals surface area contributed by atoms with E-state index < -0.39 is 0 Å². The van der Waals surface area contributed by atoms with Crippen molar-refractivity contribution in [3.63, 3.8) is 0 Å². The highest BCUT2D eigenvalue weighted by Gasteiger charge is 2.34. The number of amidine groups is 8. The van der Waals surface area contributed by atoms with Crippen LogP contribution in [-0.2, 0) is 21.7 Å². The van der Waals surface area contributed by atoms with Crippen LogP contribution in [0.5, 0.6) is 0 Å². The third-order valence-electron chi connectivity index (χ3n) is 11.2. The van der Waals surface area contributed by atoms with E-state index in [9.17, 15) is 0 Å². The van der Waals surface area contributed by atoms with Gasteiger partial charge in [-0.25, -0.2) is 39.9 Å². The minimum absolute atomic E-state index is 0.0826. The third kappa shape index (κ3) is 5.97. The second kappa shape index (κ2) is 11.9. The van der Waals surface area contributed by atoms with Gasteiger partial charge in [0.05, 0.1) is 0 Å². The van der Waals surface area contributed by atoms with Gasteiger partial charge in [-0.05, 0) is 68.2 Å². The lowest BCUT2D eigenvalue weighted by molar-refractivity contribution is 0.590. The molecule has 9 rings (SSSR count). The number of fused-ring (bicyclic) bond motifs is 16. The minimum Gasteiger partial charge on any atom is -0.208 e. The van der Waals surface area contributed by atoms with Crippen LogP contribution in [0.3, 0.4) is 0 Å². The molecule has 8 heteroatoms. The molecule has 0 aromatic heterocycles. The fourth-order valence-corrected chi connectivity index (χ4v) is 7.53. The minimum atomic E-state index is -0.0826. The number of hydrogen-bond acceptors (Lipinski definition) is 8. The van der Waals surface area contributed by atoms with Crippen LogP contribution in [0.4, 0.5) is 0 Å². The molecule has 4 aromatic carbocycles. The molecule has 0 saturated carbocycles. The second-order valence-electron chi connectivity index (χ2n) is 19.5. The Morgan fingerprint density at radius 2 is 0.393 bits per heavy atom. The number of rotatable bonds is 0. The highest BCUT2D eigenvalue weighted by atomic mass is 15.1. The summed E-state index contributed by atoms with van der Waals surface area (Å²) in [4.78, 5) is 41.6. The van der Waals surface area contributed by atoms with Gasteiger partial charge in [-0.3, -0.25) is 0 Å². The lowest BCUT2D eigenvalue weighted by Gasteiger charge is -2.20. The van der Waals surface area contributed by atoms with Gasteiger partial charge in [0.1, 0.15) is 0 Å². The first-order chi connectivity index (χ1) is 26.2. The largest absolute Gasteiger partial charge is 0.208 e. The van der Waals surface area contributed by atoms with Crippen molar-refractivity contribution in [2.24, 2.45) is 39.9 Å². The van der Waals surface area contributed by atoms with Gasteiger partial charge in [0.25, 0.3) is 0 Å². The molecular weight excluding hydrogens is 689 g/mol. The highest BCUT2D eigenvalue weighted by molar-refractivity contribution is 6.35. The number of hydrogen-bond donors (Lipinski definition) is 0. The van der Waals surface area contributed by atoms with Crippen molar-refractivity contribution in [2.45, 2.75) is 105 Å². The van der Waals surface area contributed by atoms with E-state index in [1.54, 1.807) is 0 Å². The number of benzene rings is 4. The summed E-state index contributed by atoms with van der Waals surface area (Å²) in [5.74, 6) is 4.49. The van der Waals surface area contributed by atoms with Crippen molar-refractivity contribution in [3.8, 4) is 0 Å². The molecule has 5 aliphatic rings. The van der Waals surface area contributed by atoms with Crippen molar-refractivity contribution >= 4 is 46.7 Å². The molecule has 0 saturated heterocycles. The zero-order valence-electron chi connectivity index (χ0n) is 34.5. The van der Waals surface area contributed by atoms with Crippen molar-refractivity contribution in [2.75, 3.05) is 0 Å². The summed E-state index contributed by atoms with van der Waals surface area (Å²) in [5, 5.41) is 0. The van der Waals surface area contributed by atoms with Crippen LogP contribution in [0.15, 0.2) is 113 Å². The molecule has 0 amide bonds. The van der Waals surface area contributed by atoms with Gasteiger partial charge in [-0.15, -0.1) is 0 Å². The zero-order valence-corrected chi connectivity index (χ0v) is 34.5. The van der Waals surface area contributed by atoms with E-state index in [-0.39, 0.29) is 21.7 Å². The van der Waals surface area contributed by atoms with Gasteiger partial charge in [0.2, 0.25) is 0 Å². The molecule has 5 aliphatic heterocycles. The monoisotopic (exact) mass is 736 g/mol.